The van der Waals surface area contributed by atoms with Gasteiger partial charge in [-0.25, -0.2) is 0 Å². The fraction of sp³-hybridized carbons (Fsp3) is 0.0588. The van der Waals surface area contributed by atoms with Crippen molar-refractivity contribution in [3.63, 3.8) is 0 Å². The average Bonchev–Trinajstić information content (AvgIpc) is 2.45. The van der Waals surface area contributed by atoms with E-state index in [0.717, 1.165) is 27.8 Å². The molecule has 0 atom stereocenters. The molecule has 0 spiro atoms. The fourth-order valence-electron chi connectivity index (χ4n) is 2.58. The molecule has 0 bridgehead atoms. The number of rotatable bonds is 2. The van der Waals surface area contributed by atoms with Crippen LogP contribution >= 0.6 is 0 Å². The smallest absolute Gasteiger partial charge is 0.160 e. The minimum atomic E-state index is -0.0241. The maximum atomic E-state index is 11.7. The van der Waals surface area contributed by atoms with Crippen molar-refractivity contribution in [2.75, 3.05) is 0 Å². The molecule has 0 heterocycles. The molecule has 0 N–H and O–H groups in total. The van der Waals surface area contributed by atoms with Crippen molar-refractivity contribution >= 4 is 33.6 Å². The van der Waals surface area contributed by atoms with E-state index >= 15 is 0 Å². The maximum absolute atomic E-state index is 11.7. The van der Waals surface area contributed by atoms with Crippen LogP contribution in [-0.2, 0) is 0 Å². The van der Waals surface area contributed by atoms with Gasteiger partial charge >= 0.3 is 0 Å². The maximum Gasteiger partial charge on any atom is 0.160 e. The van der Waals surface area contributed by atoms with Crippen molar-refractivity contribution in [2.45, 2.75) is 6.92 Å². The normalized spacial score (nSPS) is 10.8. The molecular formula is C17H12O2. The number of aldehydes is 1. The van der Waals surface area contributed by atoms with Crippen LogP contribution in [-0.4, -0.2) is 12.1 Å². The van der Waals surface area contributed by atoms with Crippen molar-refractivity contribution in [3.8, 4) is 0 Å². The van der Waals surface area contributed by atoms with Gasteiger partial charge in [0.2, 0.25) is 0 Å². The van der Waals surface area contributed by atoms with Gasteiger partial charge < -0.3 is 0 Å². The lowest BCUT2D eigenvalue weighted by Crippen LogP contribution is -1.97. The molecule has 0 aliphatic carbocycles. The lowest BCUT2D eigenvalue weighted by Gasteiger charge is -2.09. The second-order valence-electron chi connectivity index (χ2n) is 4.59. The standard InChI is InChI=1S/C17H12O2/c1-11(19)14-7-4-8-16-15-6-3-2-5-12(15)9-13(10-18)17(14)16/h2-10H,1H3. The van der Waals surface area contributed by atoms with Crippen molar-refractivity contribution in [1.29, 1.82) is 0 Å². The Balaban J connectivity index is 2.61. The molecule has 2 nitrogen and oxygen atoms in total. The highest BCUT2D eigenvalue weighted by Gasteiger charge is 2.12. The van der Waals surface area contributed by atoms with Crippen LogP contribution in [0.5, 0.6) is 0 Å². The van der Waals surface area contributed by atoms with Gasteiger partial charge in [-0.05, 0) is 29.1 Å². The summed E-state index contributed by atoms with van der Waals surface area (Å²) < 4.78 is 0. The van der Waals surface area contributed by atoms with E-state index in [9.17, 15) is 9.59 Å². The molecule has 0 aromatic heterocycles. The van der Waals surface area contributed by atoms with Crippen LogP contribution in [0, 0.1) is 0 Å². The monoisotopic (exact) mass is 248 g/mol. The summed E-state index contributed by atoms with van der Waals surface area (Å²) in [6.45, 7) is 1.53. The average molecular weight is 248 g/mol. The minimum Gasteiger partial charge on any atom is -0.298 e. The van der Waals surface area contributed by atoms with E-state index in [0.29, 0.717) is 11.1 Å². The summed E-state index contributed by atoms with van der Waals surface area (Å²) in [5.74, 6) is -0.0241. The Morgan fingerprint density at radius 2 is 1.74 bits per heavy atom. The Morgan fingerprint density at radius 1 is 1.00 bits per heavy atom. The van der Waals surface area contributed by atoms with Gasteiger partial charge in [0, 0.05) is 16.5 Å². The molecule has 0 aliphatic rings. The molecule has 0 radical (unpaired) electrons. The Kier molecular flexibility index (Phi) is 2.64. The van der Waals surface area contributed by atoms with Crippen molar-refractivity contribution in [1.82, 2.24) is 0 Å². The van der Waals surface area contributed by atoms with Gasteiger partial charge in [-0.3, -0.25) is 9.59 Å². The first-order valence-electron chi connectivity index (χ1n) is 6.13. The third-order valence-electron chi connectivity index (χ3n) is 3.42. The second-order valence-corrected chi connectivity index (χ2v) is 4.59. The number of carbonyl (C=O) groups is 2. The zero-order valence-electron chi connectivity index (χ0n) is 10.5. The Morgan fingerprint density at radius 3 is 2.47 bits per heavy atom. The molecule has 3 aromatic rings. The third kappa shape index (κ3) is 1.73. The van der Waals surface area contributed by atoms with E-state index in [-0.39, 0.29) is 5.78 Å². The lowest BCUT2D eigenvalue weighted by molar-refractivity contribution is 0.101. The Hall–Kier alpha value is -2.48. The van der Waals surface area contributed by atoms with Crippen LogP contribution < -0.4 is 0 Å². The van der Waals surface area contributed by atoms with Crippen LogP contribution in [0.3, 0.4) is 0 Å². The number of hydrogen-bond donors (Lipinski definition) is 0. The van der Waals surface area contributed by atoms with Gasteiger partial charge in [-0.1, -0.05) is 42.5 Å². The molecule has 19 heavy (non-hydrogen) atoms. The summed E-state index contributed by atoms with van der Waals surface area (Å²) in [5, 5.41) is 3.78. The molecule has 0 saturated carbocycles. The van der Waals surface area contributed by atoms with Gasteiger partial charge in [0.15, 0.2) is 12.1 Å². The number of fused-ring (bicyclic) bond motifs is 3. The second kappa shape index (κ2) is 4.32. The highest BCUT2D eigenvalue weighted by atomic mass is 16.1. The van der Waals surface area contributed by atoms with Gasteiger partial charge in [0.05, 0.1) is 0 Å². The van der Waals surface area contributed by atoms with Crippen LogP contribution in [0.25, 0.3) is 21.5 Å². The molecule has 0 aliphatic heterocycles. The topological polar surface area (TPSA) is 34.1 Å². The SMILES string of the molecule is CC(=O)c1cccc2c1c(C=O)cc1ccccc12. The summed E-state index contributed by atoms with van der Waals surface area (Å²) in [6, 6.07) is 15.3. The van der Waals surface area contributed by atoms with Crippen LogP contribution in [0.1, 0.15) is 27.6 Å². The Bertz CT molecular complexity index is 816. The summed E-state index contributed by atoms with van der Waals surface area (Å²) in [5.41, 5.74) is 1.17. The number of Topliss-reactive ketones (excluding diaryl/α,β-unsaturated/α-hetero) is 1. The largest absolute Gasteiger partial charge is 0.298 e. The van der Waals surface area contributed by atoms with Crippen molar-refractivity contribution in [2.24, 2.45) is 0 Å². The summed E-state index contributed by atoms with van der Waals surface area (Å²) in [7, 11) is 0. The summed E-state index contributed by atoms with van der Waals surface area (Å²) >= 11 is 0. The van der Waals surface area contributed by atoms with Gasteiger partial charge in [0.25, 0.3) is 0 Å². The highest BCUT2D eigenvalue weighted by Crippen LogP contribution is 2.30. The quantitative estimate of drug-likeness (QED) is 0.390. The first-order valence-corrected chi connectivity index (χ1v) is 6.13. The molecular weight excluding hydrogens is 236 g/mol. The molecule has 3 rings (SSSR count). The molecule has 0 fully saturated rings. The van der Waals surface area contributed by atoms with E-state index < -0.39 is 0 Å². The van der Waals surface area contributed by atoms with Gasteiger partial charge in [-0.15, -0.1) is 0 Å². The summed E-state index contributed by atoms with van der Waals surface area (Å²) in [4.78, 5) is 23.1. The number of hydrogen-bond acceptors (Lipinski definition) is 2. The van der Waals surface area contributed by atoms with Crippen LogP contribution in [0.2, 0.25) is 0 Å². The molecule has 3 aromatic carbocycles. The fourth-order valence-corrected chi connectivity index (χ4v) is 2.58. The van der Waals surface area contributed by atoms with E-state index in [4.69, 9.17) is 0 Å². The number of benzene rings is 3. The molecule has 2 heteroatoms. The molecule has 0 unspecified atom stereocenters. The zero-order chi connectivity index (χ0) is 13.4. The molecule has 0 saturated heterocycles. The predicted molar refractivity (Wildman–Crippen MR) is 76.8 cm³/mol. The van der Waals surface area contributed by atoms with Crippen molar-refractivity contribution < 1.29 is 9.59 Å². The molecule has 0 amide bonds. The highest BCUT2D eigenvalue weighted by molar-refractivity contribution is 6.20. The third-order valence-corrected chi connectivity index (χ3v) is 3.42. The summed E-state index contributed by atoms with van der Waals surface area (Å²) in [6.07, 6.45) is 0.821. The number of ketones is 1. The Labute approximate surface area is 110 Å². The lowest BCUT2D eigenvalue weighted by atomic mass is 9.93. The first-order chi connectivity index (χ1) is 9.22. The first kappa shape index (κ1) is 11.6. The zero-order valence-corrected chi connectivity index (χ0v) is 10.5. The van der Waals surface area contributed by atoms with Crippen molar-refractivity contribution in [3.05, 3.63) is 59.7 Å². The van der Waals surface area contributed by atoms with Gasteiger partial charge in [-0.2, -0.15) is 0 Å². The van der Waals surface area contributed by atoms with Crippen LogP contribution in [0.15, 0.2) is 48.5 Å². The van der Waals surface area contributed by atoms with E-state index in [1.807, 2.05) is 42.5 Å². The van der Waals surface area contributed by atoms with E-state index in [2.05, 4.69) is 0 Å². The number of carbonyl (C=O) groups excluding carboxylic acids is 2. The predicted octanol–water partition coefficient (Wildman–Crippen LogP) is 4.01. The van der Waals surface area contributed by atoms with Gasteiger partial charge in [0.1, 0.15) is 0 Å². The van der Waals surface area contributed by atoms with E-state index in [1.165, 1.54) is 6.92 Å². The van der Waals surface area contributed by atoms with Crippen LogP contribution in [0.4, 0.5) is 0 Å². The molecule has 92 valence electrons. The minimum absolute atomic E-state index is 0.0241. The van der Waals surface area contributed by atoms with E-state index in [1.54, 1.807) is 6.07 Å².